The quantitative estimate of drug-likeness (QED) is 0.649. The third kappa shape index (κ3) is 1.73. The number of nitrogens with zero attached hydrogens (tertiary/aromatic N) is 1. The summed E-state index contributed by atoms with van der Waals surface area (Å²) in [4.78, 5) is 0. The Kier molecular flexibility index (Phi) is 2.33. The molecule has 0 atom stereocenters. The van der Waals surface area contributed by atoms with Gasteiger partial charge in [0, 0.05) is 18.6 Å². The van der Waals surface area contributed by atoms with E-state index < -0.39 is 10.0 Å². The Hall–Kier alpha value is -0.130. The lowest BCUT2D eigenvalue weighted by molar-refractivity contribution is 0.185. The van der Waals surface area contributed by atoms with E-state index in [9.17, 15) is 8.42 Å². The van der Waals surface area contributed by atoms with Gasteiger partial charge < -0.3 is 5.73 Å². The minimum absolute atomic E-state index is 0.209. The summed E-state index contributed by atoms with van der Waals surface area (Å²) in [6.07, 6.45) is 3.51. The highest BCUT2D eigenvalue weighted by Gasteiger charge is 2.38. The van der Waals surface area contributed by atoms with Gasteiger partial charge in [-0.25, -0.2) is 8.42 Å². The second-order valence-corrected chi connectivity index (χ2v) is 6.06. The molecule has 1 aliphatic heterocycles. The molecule has 0 radical (unpaired) electrons. The van der Waals surface area contributed by atoms with Crippen molar-refractivity contribution in [3.63, 3.8) is 0 Å². The van der Waals surface area contributed by atoms with Gasteiger partial charge in [0.15, 0.2) is 0 Å². The molecule has 1 heterocycles. The average molecular weight is 204 g/mol. The molecule has 2 aliphatic rings. The first-order valence-corrected chi connectivity index (χ1v) is 6.45. The first-order valence-electron chi connectivity index (χ1n) is 4.85. The summed E-state index contributed by atoms with van der Waals surface area (Å²) in [6, 6.07) is 0.433. The Labute approximate surface area is 79.1 Å². The first kappa shape index (κ1) is 9.43. The van der Waals surface area contributed by atoms with Crippen molar-refractivity contribution >= 4 is 10.0 Å². The van der Waals surface area contributed by atoms with E-state index >= 15 is 0 Å². The normalized spacial score (nSPS) is 39.8. The smallest absolute Gasteiger partial charge is 0.214 e. The van der Waals surface area contributed by atoms with Crippen LogP contribution in [0, 0.1) is 0 Å². The second-order valence-electron chi connectivity index (χ2n) is 4.02. The molecule has 2 N–H and O–H groups in total. The summed E-state index contributed by atoms with van der Waals surface area (Å²) in [5.74, 6) is 0.332. The fraction of sp³-hybridized carbons (Fsp3) is 1.00. The molecule has 0 spiro atoms. The van der Waals surface area contributed by atoms with E-state index in [1.807, 2.05) is 0 Å². The minimum Gasteiger partial charge on any atom is -0.328 e. The average Bonchev–Trinajstić information content (AvgIpc) is 1.99. The van der Waals surface area contributed by atoms with E-state index in [2.05, 4.69) is 0 Å². The molecule has 0 bridgehead atoms. The molecule has 2 rings (SSSR count). The van der Waals surface area contributed by atoms with Gasteiger partial charge in [-0.05, 0) is 25.7 Å². The van der Waals surface area contributed by atoms with Crippen LogP contribution >= 0.6 is 0 Å². The summed E-state index contributed by atoms with van der Waals surface area (Å²) in [7, 11) is -2.93. The molecule has 13 heavy (non-hydrogen) atoms. The predicted octanol–water partition coefficient (Wildman–Crippen LogP) is -0.0983. The lowest BCUT2D eigenvalue weighted by Gasteiger charge is -2.42. The Bertz CT molecular complexity index is 283. The molecule has 0 aromatic carbocycles. The lowest BCUT2D eigenvalue weighted by Crippen LogP contribution is -2.54. The van der Waals surface area contributed by atoms with Gasteiger partial charge in [-0.3, -0.25) is 0 Å². The van der Waals surface area contributed by atoms with Crippen LogP contribution in [0.4, 0.5) is 0 Å². The number of sulfonamides is 1. The van der Waals surface area contributed by atoms with E-state index in [1.54, 1.807) is 4.31 Å². The van der Waals surface area contributed by atoms with E-state index in [-0.39, 0.29) is 12.1 Å². The van der Waals surface area contributed by atoms with Crippen LogP contribution in [-0.4, -0.2) is 37.1 Å². The van der Waals surface area contributed by atoms with E-state index in [0.29, 0.717) is 12.3 Å². The van der Waals surface area contributed by atoms with E-state index in [0.717, 1.165) is 25.7 Å². The number of hydrogen-bond acceptors (Lipinski definition) is 3. The van der Waals surface area contributed by atoms with Crippen LogP contribution in [0.2, 0.25) is 0 Å². The van der Waals surface area contributed by atoms with Gasteiger partial charge in [0.25, 0.3) is 0 Å². The second kappa shape index (κ2) is 3.22. The maximum Gasteiger partial charge on any atom is 0.214 e. The molecule has 76 valence electrons. The lowest BCUT2D eigenvalue weighted by atomic mass is 9.87. The number of rotatable bonds is 1. The predicted molar refractivity (Wildman–Crippen MR) is 50.7 cm³/mol. The first-order chi connectivity index (χ1) is 6.09. The molecular weight excluding hydrogens is 188 g/mol. The van der Waals surface area contributed by atoms with Crippen LogP contribution in [-0.2, 0) is 10.0 Å². The zero-order valence-corrected chi connectivity index (χ0v) is 8.46. The van der Waals surface area contributed by atoms with Crippen LogP contribution in [0.5, 0.6) is 0 Å². The molecule has 0 aromatic rings. The van der Waals surface area contributed by atoms with Crippen LogP contribution in [0.25, 0.3) is 0 Å². The molecule has 5 heteroatoms. The van der Waals surface area contributed by atoms with Crippen molar-refractivity contribution in [3.05, 3.63) is 0 Å². The number of hydrogen-bond donors (Lipinski definition) is 1. The van der Waals surface area contributed by atoms with Crippen molar-refractivity contribution in [1.29, 1.82) is 0 Å². The Balaban J connectivity index is 2.05. The SMILES string of the molecule is NC1CC(N2CCCCS2(=O)=O)C1. The molecule has 0 aromatic heterocycles. The van der Waals surface area contributed by atoms with Gasteiger partial charge >= 0.3 is 0 Å². The van der Waals surface area contributed by atoms with Gasteiger partial charge in [0.05, 0.1) is 5.75 Å². The van der Waals surface area contributed by atoms with Crippen molar-refractivity contribution in [2.75, 3.05) is 12.3 Å². The van der Waals surface area contributed by atoms with Gasteiger partial charge in [-0.2, -0.15) is 4.31 Å². The van der Waals surface area contributed by atoms with Gasteiger partial charge in [0.2, 0.25) is 10.0 Å². The molecule has 4 nitrogen and oxygen atoms in total. The molecule has 1 aliphatic carbocycles. The third-order valence-corrected chi connectivity index (χ3v) is 4.94. The zero-order chi connectivity index (χ0) is 9.47. The highest BCUT2D eigenvalue weighted by atomic mass is 32.2. The topological polar surface area (TPSA) is 63.4 Å². The highest BCUT2D eigenvalue weighted by Crippen LogP contribution is 2.29. The van der Waals surface area contributed by atoms with Crippen molar-refractivity contribution in [2.45, 2.75) is 37.8 Å². The summed E-state index contributed by atoms with van der Waals surface area (Å²) in [5.41, 5.74) is 5.64. The van der Waals surface area contributed by atoms with Gasteiger partial charge in [-0.1, -0.05) is 0 Å². The summed E-state index contributed by atoms with van der Waals surface area (Å²) >= 11 is 0. The van der Waals surface area contributed by atoms with E-state index in [1.165, 1.54) is 0 Å². The van der Waals surface area contributed by atoms with Crippen molar-refractivity contribution in [2.24, 2.45) is 5.73 Å². The minimum atomic E-state index is -2.93. The fourth-order valence-corrected chi connectivity index (χ4v) is 3.92. The summed E-state index contributed by atoms with van der Waals surface area (Å²) in [6.45, 7) is 0.708. The van der Waals surface area contributed by atoms with Gasteiger partial charge in [-0.15, -0.1) is 0 Å². The zero-order valence-electron chi connectivity index (χ0n) is 7.65. The van der Waals surface area contributed by atoms with Crippen LogP contribution in [0.1, 0.15) is 25.7 Å². The fourth-order valence-electron chi connectivity index (χ4n) is 2.08. The van der Waals surface area contributed by atoms with Gasteiger partial charge in [0.1, 0.15) is 0 Å². The maximum atomic E-state index is 11.6. The Morgan fingerprint density at radius 3 is 2.46 bits per heavy atom. The molecule has 2 fully saturated rings. The van der Waals surface area contributed by atoms with Crippen molar-refractivity contribution in [1.82, 2.24) is 4.31 Å². The van der Waals surface area contributed by atoms with Crippen molar-refractivity contribution < 1.29 is 8.42 Å². The molecule has 0 amide bonds. The molecule has 1 saturated carbocycles. The highest BCUT2D eigenvalue weighted by molar-refractivity contribution is 7.89. The molecule has 1 saturated heterocycles. The Morgan fingerprint density at radius 2 is 1.92 bits per heavy atom. The van der Waals surface area contributed by atoms with E-state index in [4.69, 9.17) is 5.73 Å². The molecular formula is C8H16N2O2S. The third-order valence-electron chi connectivity index (χ3n) is 2.95. The largest absolute Gasteiger partial charge is 0.328 e. The maximum absolute atomic E-state index is 11.6. The monoisotopic (exact) mass is 204 g/mol. The number of nitrogens with two attached hydrogens (primary N) is 1. The standard InChI is InChI=1S/C8H16N2O2S/c9-7-5-8(6-7)10-3-1-2-4-13(10,11)12/h7-8H,1-6,9H2. The summed E-state index contributed by atoms with van der Waals surface area (Å²) < 4.78 is 24.9. The Morgan fingerprint density at radius 1 is 1.23 bits per heavy atom. The van der Waals surface area contributed by atoms with Crippen LogP contribution in [0.15, 0.2) is 0 Å². The van der Waals surface area contributed by atoms with Crippen LogP contribution < -0.4 is 5.73 Å². The summed E-state index contributed by atoms with van der Waals surface area (Å²) in [5, 5.41) is 0. The molecule has 0 unspecified atom stereocenters. The van der Waals surface area contributed by atoms with Crippen molar-refractivity contribution in [3.8, 4) is 0 Å². The van der Waals surface area contributed by atoms with Crippen LogP contribution in [0.3, 0.4) is 0 Å².